The molecule has 1 aliphatic heterocycles. The van der Waals surface area contributed by atoms with Crippen LogP contribution in [0.4, 0.5) is 4.39 Å². The Morgan fingerprint density at radius 2 is 2.11 bits per heavy atom. The minimum Gasteiger partial charge on any atom is -0.295 e. The summed E-state index contributed by atoms with van der Waals surface area (Å²) in [6.45, 7) is 3.18. The first-order valence-electron chi connectivity index (χ1n) is 6.19. The SMILES string of the molecule is CCN(Cc1ccccc1F)[C@H]1CCS(=O)(=O)C1. The molecule has 0 spiro atoms. The maximum atomic E-state index is 13.6. The van der Waals surface area contributed by atoms with Crippen molar-refractivity contribution in [2.75, 3.05) is 18.1 Å². The van der Waals surface area contributed by atoms with Crippen LogP contribution in [0.2, 0.25) is 0 Å². The van der Waals surface area contributed by atoms with Crippen molar-refractivity contribution in [3.8, 4) is 0 Å². The summed E-state index contributed by atoms with van der Waals surface area (Å²) in [5.74, 6) is 0.234. The molecular weight excluding hydrogens is 253 g/mol. The van der Waals surface area contributed by atoms with Crippen molar-refractivity contribution in [1.29, 1.82) is 0 Å². The molecule has 1 aromatic rings. The third-order valence-corrected chi connectivity index (χ3v) is 5.21. The van der Waals surface area contributed by atoms with Crippen molar-refractivity contribution >= 4 is 9.84 Å². The molecule has 0 radical (unpaired) electrons. The van der Waals surface area contributed by atoms with Crippen LogP contribution in [0.25, 0.3) is 0 Å². The number of halogens is 1. The van der Waals surface area contributed by atoms with Crippen LogP contribution in [0.3, 0.4) is 0 Å². The van der Waals surface area contributed by atoms with E-state index in [9.17, 15) is 12.8 Å². The van der Waals surface area contributed by atoms with E-state index in [0.717, 1.165) is 6.54 Å². The molecule has 0 aliphatic carbocycles. The van der Waals surface area contributed by atoms with Crippen LogP contribution in [0.5, 0.6) is 0 Å². The number of nitrogens with zero attached hydrogens (tertiary/aromatic N) is 1. The largest absolute Gasteiger partial charge is 0.295 e. The molecule has 5 heteroatoms. The molecule has 0 aromatic heterocycles. The zero-order chi connectivity index (χ0) is 13.2. The summed E-state index contributed by atoms with van der Waals surface area (Å²) in [5.41, 5.74) is 0.628. The van der Waals surface area contributed by atoms with E-state index < -0.39 is 9.84 Å². The lowest BCUT2D eigenvalue weighted by molar-refractivity contribution is 0.212. The molecule has 0 saturated carbocycles. The fraction of sp³-hybridized carbons (Fsp3) is 0.538. The lowest BCUT2D eigenvalue weighted by atomic mass is 10.1. The van der Waals surface area contributed by atoms with Crippen molar-refractivity contribution in [2.45, 2.75) is 25.9 Å². The van der Waals surface area contributed by atoms with Crippen LogP contribution in [-0.2, 0) is 16.4 Å². The molecule has 3 nitrogen and oxygen atoms in total. The number of sulfone groups is 1. The van der Waals surface area contributed by atoms with Crippen molar-refractivity contribution < 1.29 is 12.8 Å². The fourth-order valence-electron chi connectivity index (χ4n) is 2.41. The molecule has 0 bridgehead atoms. The number of benzene rings is 1. The summed E-state index contributed by atoms with van der Waals surface area (Å²) >= 11 is 0. The van der Waals surface area contributed by atoms with Crippen LogP contribution in [-0.4, -0.2) is 37.4 Å². The Morgan fingerprint density at radius 1 is 1.39 bits per heavy atom. The minimum atomic E-state index is -2.89. The first-order valence-corrected chi connectivity index (χ1v) is 8.02. The van der Waals surface area contributed by atoms with Crippen molar-refractivity contribution in [3.05, 3.63) is 35.6 Å². The van der Waals surface area contributed by atoms with E-state index in [1.54, 1.807) is 18.2 Å². The summed E-state index contributed by atoms with van der Waals surface area (Å²) in [6, 6.07) is 6.68. The van der Waals surface area contributed by atoms with Gasteiger partial charge in [-0.1, -0.05) is 25.1 Å². The van der Waals surface area contributed by atoms with Gasteiger partial charge in [0.25, 0.3) is 0 Å². The van der Waals surface area contributed by atoms with Crippen LogP contribution in [0.15, 0.2) is 24.3 Å². The molecular formula is C13H18FNO2S. The van der Waals surface area contributed by atoms with Crippen LogP contribution in [0.1, 0.15) is 18.9 Å². The molecule has 0 amide bonds. The molecule has 0 unspecified atom stereocenters. The first-order chi connectivity index (χ1) is 8.52. The monoisotopic (exact) mass is 271 g/mol. The van der Waals surface area contributed by atoms with Crippen LogP contribution < -0.4 is 0 Å². The fourth-order valence-corrected chi connectivity index (χ4v) is 4.17. The predicted molar refractivity (Wildman–Crippen MR) is 69.5 cm³/mol. The van der Waals surface area contributed by atoms with E-state index in [4.69, 9.17) is 0 Å². The van der Waals surface area contributed by atoms with Gasteiger partial charge in [-0.05, 0) is 19.0 Å². The number of hydrogen-bond acceptors (Lipinski definition) is 3. The topological polar surface area (TPSA) is 37.4 Å². The highest BCUT2D eigenvalue weighted by molar-refractivity contribution is 7.91. The van der Waals surface area contributed by atoms with Gasteiger partial charge in [0.05, 0.1) is 11.5 Å². The molecule has 1 aromatic carbocycles. The highest BCUT2D eigenvalue weighted by Gasteiger charge is 2.31. The zero-order valence-corrected chi connectivity index (χ0v) is 11.3. The summed E-state index contributed by atoms with van der Waals surface area (Å²) < 4.78 is 36.5. The smallest absolute Gasteiger partial charge is 0.151 e. The average molecular weight is 271 g/mol. The summed E-state index contributed by atoms with van der Waals surface area (Å²) in [5, 5.41) is 0. The first kappa shape index (κ1) is 13.5. The van der Waals surface area contributed by atoms with E-state index >= 15 is 0 Å². The van der Waals surface area contributed by atoms with Gasteiger partial charge in [-0.25, -0.2) is 12.8 Å². The Hall–Kier alpha value is -0.940. The Bertz CT molecular complexity index is 515. The second kappa shape index (κ2) is 5.36. The highest BCUT2D eigenvalue weighted by atomic mass is 32.2. The molecule has 2 rings (SSSR count). The molecule has 1 heterocycles. The Morgan fingerprint density at radius 3 is 2.67 bits per heavy atom. The minimum absolute atomic E-state index is 0.0274. The third kappa shape index (κ3) is 3.09. The summed E-state index contributed by atoms with van der Waals surface area (Å²) in [6.07, 6.45) is 0.657. The van der Waals surface area contributed by atoms with Crippen LogP contribution >= 0.6 is 0 Å². The Labute approximate surface area is 108 Å². The van der Waals surface area contributed by atoms with Gasteiger partial charge in [0.15, 0.2) is 9.84 Å². The van der Waals surface area contributed by atoms with Gasteiger partial charge < -0.3 is 0 Å². The third-order valence-electron chi connectivity index (χ3n) is 3.46. The maximum Gasteiger partial charge on any atom is 0.151 e. The quantitative estimate of drug-likeness (QED) is 0.838. The van der Waals surface area contributed by atoms with E-state index in [2.05, 4.69) is 0 Å². The van der Waals surface area contributed by atoms with Gasteiger partial charge in [0.2, 0.25) is 0 Å². The van der Waals surface area contributed by atoms with E-state index in [1.807, 2.05) is 11.8 Å². The zero-order valence-electron chi connectivity index (χ0n) is 10.5. The average Bonchev–Trinajstić information content (AvgIpc) is 2.68. The van der Waals surface area contributed by atoms with E-state index in [0.29, 0.717) is 18.5 Å². The lowest BCUT2D eigenvalue weighted by Crippen LogP contribution is -2.35. The van der Waals surface area contributed by atoms with Gasteiger partial charge in [-0.15, -0.1) is 0 Å². The van der Waals surface area contributed by atoms with Crippen molar-refractivity contribution in [2.24, 2.45) is 0 Å². The molecule has 1 atom stereocenters. The highest BCUT2D eigenvalue weighted by Crippen LogP contribution is 2.20. The van der Waals surface area contributed by atoms with Gasteiger partial charge in [-0.3, -0.25) is 4.90 Å². The Balaban J connectivity index is 2.09. The number of rotatable bonds is 4. The second-order valence-electron chi connectivity index (χ2n) is 4.71. The molecule has 1 aliphatic rings. The van der Waals surface area contributed by atoms with Gasteiger partial charge >= 0.3 is 0 Å². The lowest BCUT2D eigenvalue weighted by Gasteiger charge is -2.26. The molecule has 1 fully saturated rings. The van der Waals surface area contributed by atoms with Crippen LogP contribution in [0, 0.1) is 5.82 Å². The van der Waals surface area contributed by atoms with Gasteiger partial charge in [0.1, 0.15) is 5.82 Å². The summed E-state index contributed by atoms with van der Waals surface area (Å²) in [4.78, 5) is 2.04. The second-order valence-corrected chi connectivity index (χ2v) is 6.94. The van der Waals surface area contributed by atoms with E-state index in [1.165, 1.54) is 6.07 Å². The molecule has 1 saturated heterocycles. The van der Waals surface area contributed by atoms with Crippen molar-refractivity contribution in [3.63, 3.8) is 0 Å². The molecule has 0 N–H and O–H groups in total. The normalized spacial score (nSPS) is 22.5. The maximum absolute atomic E-state index is 13.6. The summed E-state index contributed by atoms with van der Waals surface area (Å²) in [7, 11) is -2.89. The number of hydrogen-bond donors (Lipinski definition) is 0. The molecule has 18 heavy (non-hydrogen) atoms. The van der Waals surface area contributed by atoms with E-state index in [-0.39, 0.29) is 23.4 Å². The molecule has 100 valence electrons. The van der Waals surface area contributed by atoms with Crippen molar-refractivity contribution in [1.82, 2.24) is 4.90 Å². The predicted octanol–water partition coefficient (Wildman–Crippen LogP) is 1.83. The standard InChI is InChI=1S/C13H18FNO2S/c1-2-15(12-7-8-18(16,17)10-12)9-11-5-3-4-6-13(11)14/h3-6,12H,2,7-10H2,1H3/t12-/m0/s1. The van der Waals surface area contributed by atoms with Gasteiger partial charge in [0, 0.05) is 18.2 Å². The Kier molecular flexibility index (Phi) is 4.02. The van der Waals surface area contributed by atoms with Gasteiger partial charge in [-0.2, -0.15) is 0 Å².